The van der Waals surface area contributed by atoms with E-state index in [0.717, 1.165) is 14.9 Å². The van der Waals surface area contributed by atoms with Gasteiger partial charge in [0, 0.05) is 9.35 Å². The first-order valence-corrected chi connectivity index (χ1v) is 10.1. The Bertz CT molecular complexity index is 987. The van der Waals surface area contributed by atoms with Crippen LogP contribution in [-0.4, -0.2) is 25.1 Å². The highest BCUT2D eigenvalue weighted by Gasteiger charge is 2.22. The van der Waals surface area contributed by atoms with Crippen molar-refractivity contribution >= 4 is 44.1 Å². The molecule has 0 aliphatic heterocycles. The van der Waals surface area contributed by atoms with Crippen LogP contribution in [0.4, 0.5) is 5.00 Å². The van der Waals surface area contributed by atoms with Crippen molar-refractivity contribution in [3.63, 3.8) is 0 Å². The molecule has 1 aromatic heterocycles. The summed E-state index contributed by atoms with van der Waals surface area (Å²) in [5, 5.41) is 3.22. The fourth-order valence-electron chi connectivity index (χ4n) is 2.50. The number of esters is 1. The number of hydrogen-bond acceptors (Lipinski definition) is 5. The first-order valence-electron chi connectivity index (χ1n) is 8.48. The minimum atomic E-state index is -0.748. The average molecular weight is 460 g/mol. The van der Waals surface area contributed by atoms with Crippen molar-refractivity contribution in [3.8, 4) is 16.2 Å². The molecule has 1 atom stereocenters. The Hall–Kier alpha value is -2.64. The summed E-state index contributed by atoms with van der Waals surface area (Å²) in [5.74, 6) is -0.290. The van der Waals surface area contributed by atoms with Crippen LogP contribution in [0.1, 0.15) is 17.3 Å². The van der Waals surface area contributed by atoms with Gasteiger partial charge in [0.05, 0.1) is 12.7 Å². The number of ether oxygens (including phenoxy) is 2. The molecule has 7 heteroatoms. The van der Waals surface area contributed by atoms with Crippen LogP contribution >= 0.6 is 27.3 Å². The molecule has 0 saturated carbocycles. The fourth-order valence-corrected chi connectivity index (χ4v) is 3.93. The maximum absolute atomic E-state index is 12.6. The number of carbonyl (C=O) groups is 2. The van der Waals surface area contributed by atoms with Crippen molar-refractivity contribution in [3.05, 3.63) is 70.7 Å². The van der Waals surface area contributed by atoms with E-state index in [2.05, 4.69) is 21.2 Å². The van der Waals surface area contributed by atoms with Gasteiger partial charge in [0.15, 0.2) is 6.10 Å². The summed E-state index contributed by atoms with van der Waals surface area (Å²) >= 11 is 4.69. The Balaban J connectivity index is 1.80. The third-order valence-electron chi connectivity index (χ3n) is 3.91. The fraction of sp³-hybridized carbons (Fsp3) is 0.143. The summed E-state index contributed by atoms with van der Waals surface area (Å²) < 4.78 is 11.4. The number of thiophene rings is 1. The van der Waals surface area contributed by atoms with Crippen molar-refractivity contribution in [1.82, 2.24) is 0 Å². The number of anilines is 1. The van der Waals surface area contributed by atoms with E-state index in [9.17, 15) is 9.59 Å². The largest absolute Gasteiger partial charge is 0.481 e. The number of benzene rings is 2. The van der Waals surface area contributed by atoms with E-state index in [-0.39, 0.29) is 5.91 Å². The molecule has 28 heavy (non-hydrogen) atoms. The van der Waals surface area contributed by atoms with Gasteiger partial charge in [0.2, 0.25) is 0 Å². The molecule has 3 aromatic rings. The summed E-state index contributed by atoms with van der Waals surface area (Å²) in [6, 6.07) is 18.6. The molecule has 3 rings (SSSR count). The van der Waals surface area contributed by atoms with E-state index in [4.69, 9.17) is 9.47 Å². The lowest BCUT2D eigenvalue weighted by Gasteiger charge is -2.14. The van der Waals surface area contributed by atoms with Crippen LogP contribution in [-0.2, 0) is 9.53 Å². The van der Waals surface area contributed by atoms with E-state index in [1.54, 1.807) is 25.1 Å². The van der Waals surface area contributed by atoms with Crippen LogP contribution in [0.2, 0.25) is 0 Å². The summed E-state index contributed by atoms with van der Waals surface area (Å²) in [7, 11) is 1.31. The van der Waals surface area contributed by atoms with Gasteiger partial charge in [0.25, 0.3) is 5.91 Å². The molecule has 1 heterocycles. The second-order valence-electron chi connectivity index (χ2n) is 5.92. The van der Waals surface area contributed by atoms with Crippen LogP contribution in [0, 0.1) is 0 Å². The van der Waals surface area contributed by atoms with E-state index in [1.807, 2.05) is 42.5 Å². The second-order valence-corrected chi connectivity index (χ2v) is 7.89. The van der Waals surface area contributed by atoms with Gasteiger partial charge in [-0.05, 0) is 36.8 Å². The summed E-state index contributed by atoms with van der Waals surface area (Å²) in [5.41, 5.74) is 1.27. The predicted octanol–water partition coefficient (Wildman–Crippen LogP) is 5.37. The van der Waals surface area contributed by atoms with Crippen molar-refractivity contribution in [2.24, 2.45) is 0 Å². The highest BCUT2D eigenvalue weighted by atomic mass is 79.9. The number of hydrogen-bond donors (Lipinski definition) is 1. The molecule has 0 aliphatic carbocycles. The topological polar surface area (TPSA) is 64.6 Å². The minimum Gasteiger partial charge on any atom is -0.481 e. The maximum atomic E-state index is 12.6. The Labute approximate surface area is 175 Å². The number of amides is 1. The highest BCUT2D eigenvalue weighted by molar-refractivity contribution is 9.10. The van der Waals surface area contributed by atoms with Crippen molar-refractivity contribution < 1.29 is 19.1 Å². The molecular formula is C21H18BrNO4S. The van der Waals surface area contributed by atoms with Gasteiger partial charge in [-0.15, -0.1) is 11.3 Å². The molecule has 0 spiro atoms. The van der Waals surface area contributed by atoms with E-state index in [1.165, 1.54) is 18.4 Å². The smallest absolute Gasteiger partial charge is 0.340 e. The number of carbonyl (C=O) groups excluding carboxylic acids is 2. The number of halogens is 1. The third-order valence-corrected chi connectivity index (χ3v) is 5.50. The van der Waals surface area contributed by atoms with E-state index < -0.39 is 12.1 Å². The Morgan fingerprint density at radius 3 is 2.50 bits per heavy atom. The zero-order chi connectivity index (χ0) is 20.1. The minimum absolute atomic E-state index is 0.314. The molecule has 5 nitrogen and oxygen atoms in total. The van der Waals surface area contributed by atoms with Crippen LogP contribution < -0.4 is 10.1 Å². The Morgan fingerprint density at radius 2 is 1.82 bits per heavy atom. The van der Waals surface area contributed by atoms with E-state index >= 15 is 0 Å². The van der Waals surface area contributed by atoms with Gasteiger partial charge in [-0.3, -0.25) is 4.79 Å². The molecule has 144 valence electrons. The van der Waals surface area contributed by atoms with Gasteiger partial charge >= 0.3 is 5.97 Å². The van der Waals surface area contributed by atoms with Gasteiger partial charge in [0.1, 0.15) is 10.8 Å². The first-order chi connectivity index (χ1) is 13.5. The molecule has 1 amide bonds. The van der Waals surface area contributed by atoms with Gasteiger partial charge in [-0.1, -0.05) is 52.3 Å². The van der Waals surface area contributed by atoms with Crippen LogP contribution in [0.15, 0.2) is 65.1 Å². The van der Waals surface area contributed by atoms with Crippen LogP contribution in [0.3, 0.4) is 0 Å². The number of methoxy groups -OCH3 is 1. The highest BCUT2D eigenvalue weighted by Crippen LogP contribution is 2.36. The molecule has 0 aliphatic rings. The zero-order valence-electron chi connectivity index (χ0n) is 15.3. The summed E-state index contributed by atoms with van der Waals surface area (Å²) in [6.07, 6.45) is -0.748. The lowest BCUT2D eigenvalue weighted by Crippen LogP contribution is -2.30. The summed E-state index contributed by atoms with van der Waals surface area (Å²) in [4.78, 5) is 25.6. The normalized spacial score (nSPS) is 11.5. The lowest BCUT2D eigenvalue weighted by atomic mass is 10.1. The molecule has 0 saturated heterocycles. The molecule has 2 aromatic carbocycles. The molecule has 0 radical (unpaired) electrons. The maximum Gasteiger partial charge on any atom is 0.340 e. The molecule has 1 N–H and O–H groups in total. The Morgan fingerprint density at radius 1 is 1.07 bits per heavy atom. The standard InChI is InChI=1S/C21H18BrNO4S/c1-13(27-16-10-6-9-15(22)11-16)19(24)23-20-17(21(25)26-2)12-18(28-20)14-7-4-3-5-8-14/h3-13H,1-2H3,(H,23,24)/t13-/m1/s1. The molecular weight excluding hydrogens is 442 g/mol. The molecule has 0 bridgehead atoms. The van der Waals surface area contributed by atoms with E-state index in [0.29, 0.717) is 16.3 Å². The number of rotatable bonds is 6. The third kappa shape index (κ3) is 4.79. The van der Waals surface area contributed by atoms with Crippen molar-refractivity contribution in [2.45, 2.75) is 13.0 Å². The lowest BCUT2D eigenvalue weighted by molar-refractivity contribution is -0.122. The average Bonchev–Trinajstić information content (AvgIpc) is 3.12. The number of nitrogens with one attached hydrogen (secondary N) is 1. The Kier molecular flexibility index (Phi) is 6.49. The molecule has 0 fully saturated rings. The quantitative estimate of drug-likeness (QED) is 0.503. The second kappa shape index (κ2) is 9.03. The summed E-state index contributed by atoms with van der Waals surface area (Å²) in [6.45, 7) is 1.65. The van der Waals surface area contributed by atoms with Gasteiger partial charge in [-0.25, -0.2) is 4.79 Å². The van der Waals surface area contributed by atoms with Gasteiger partial charge in [-0.2, -0.15) is 0 Å². The van der Waals surface area contributed by atoms with Crippen LogP contribution in [0.25, 0.3) is 10.4 Å². The molecule has 0 unspecified atom stereocenters. The first kappa shape index (κ1) is 20.1. The van der Waals surface area contributed by atoms with Crippen molar-refractivity contribution in [2.75, 3.05) is 12.4 Å². The van der Waals surface area contributed by atoms with Crippen LogP contribution in [0.5, 0.6) is 5.75 Å². The monoisotopic (exact) mass is 459 g/mol. The van der Waals surface area contributed by atoms with Crippen molar-refractivity contribution in [1.29, 1.82) is 0 Å². The SMILES string of the molecule is COC(=O)c1cc(-c2ccccc2)sc1NC(=O)[C@@H](C)Oc1cccc(Br)c1. The predicted molar refractivity (Wildman–Crippen MR) is 114 cm³/mol. The zero-order valence-corrected chi connectivity index (χ0v) is 17.7. The van der Waals surface area contributed by atoms with Gasteiger partial charge < -0.3 is 14.8 Å².